The van der Waals surface area contributed by atoms with Crippen molar-refractivity contribution in [3.05, 3.63) is 53.7 Å². The van der Waals surface area contributed by atoms with Gasteiger partial charge in [-0.1, -0.05) is 12.1 Å². The molecular weight excluding hydrogens is 441 g/mol. The summed E-state index contributed by atoms with van der Waals surface area (Å²) >= 11 is 0. The number of methoxy groups -OCH3 is 1. The van der Waals surface area contributed by atoms with Crippen molar-refractivity contribution in [2.24, 2.45) is 4.99 Å². The summed E-state index contributed by atoms with van der Waals surface area (Å²) in [4.78, 5) is 11.0. The number of benzene rings is 1. The smallest absolute Gasteiger partial charge is 0.191 e. The Bertz CT molecular complexity index is 706. The molecule has 142 valence electrons. The fourth-order valence-electron chi connectivity index (χ4n) is 2.28. The molecule has 26 heavy (non-hydrogen) atoms. The Labute approximate surface area is 173 Å². The summed E-state index contributed by atoms with van der Waals surface area (Å²) in [5, 5.41) is 6.63. The first kappa shape index (κ1) is 22.0. The zero-order valence-electron chi connectivity index (χ0n) is 15.8. The van der Waals surface area contributed by atoms with Crippen LogP contribution in [0.3, 0.4) is 0 Å². The summed E-state index contributed by atoms with van der Waals surface area (Å²) in [5.74, 6) is 2.57. The first-order valence-corrected chi connectivity index (χ1v) is 8.39. The molecular formula is C19H28IN5O. The van der Waals surface area contributed by atoms with E-state index >= 15 is 0 Å². The standard InChI is InChI=1S/C19H27N5O.HI/c1-5-20-19(22-13-15-7-6-8-17(11-15)25-4)23-14-16-9-10-21-18(12-16)24(2)3;/h6-12H,5,13-14H2,1-4H3,(H2,20,22,23);1H. The van der Waals surface area contributed by atoms with E-state index in [0.717, 1.165) is 35.2 Å². The maximum Gasteiger partial charge on any atom is 0.191 e. The molecule has 0 fully saturated rings. The molecule has 0 radical (unpaired) electrons. The normalized spacial score (nSPS) is 10.7. The van der Waals surface area contributed by atoms with Gasteiger partial charge in [-0.05, 0) is 42.3 Å². The molecule has 0 saturated carbocycles. The highest BCUT2D eigenvalue weighted by Crippen LogP contribution is 2.13. The number of aliphatic imine (C=N–C) groups is 1. The highest BCUT2D eigenvalue weighted by atomic mass is 127. The van der Waals surface area contributed by atoms with Crippen molar-refractivity contribution in [1.29, 1.82) is 0 Å². The lowest BCUT2D eigenvalue weighted by Crippen LogP contribution is -2.36. The zero-order chi connectivity index (χ0) is 18.1. The van der Waals surface area contributed by atoms with Crippen molar-refractivity contribution in [3.63, 3.8) is 0 Å². The molecule has 0 bridgehead atoms. The number of guanidine groups is 1. The van der Waals surface area contributed by atoms with Crippen LogP contribution in [0.4, 0.5) is 5.82 Å². The van der Waals surface area contributed by atoms with Crippen LogP contribution in [0.5, 0.6) is 5.75 Å². The van der Waals surface area contributed by atoms with Crippen LogP contribution < -0.4 is 20.3 Å². The minimum Gasteiger partial charge on any atom is -0.497 e. The Morgan fingerprint density at radius 3 is 2.65 bits per heavy atom. The van der Waals surface area contributed by atoms with Gasteiger partial charge < -0.3 is 20.3 Å². The largest absolute Gasteiger partial charge is 0.497 e. The molecule has 0 amide bonds. The third kappa shape index (κ3) is 7.07. The second kappa shape index (κ2) is 11.6. The van der Waals surface area contributed by atoms with E-state index in [1.807, 2.05) is 55.5 Å². The van der Waals surface area contributed by atoms with E-state index in [9.17, 15) is 0 Å². The molecule has 6 nitrogen and oxygen atoms in total. The van der Waals surface area contributed by atoms with E-state index in [4.69, 9.17) is 4.74 Å². The van der Waals surface area contributed by atoms with Gasteiger partial charge in [-0.15, -0.1) is 24.0 Å². The third-order valence-electron chi connectivity index (χ3n) is 3.63. The van der Waals surface area contributed by atoms with E-state index in [-0.39, 0.29) is 24.0 Å². The van der Waals surface area contributed by atoms with E-state index in [2.05, 4.69) is 33.6 Å². The van der Waals surface area contributed by atoms with Crippen LogP contribution in [0.1, 0.15) is 18.1 Å². The van der Waals surface area contributed by atoms with Gasteiger partial charge in [-0.3, -0.25) is 0 Å². The van der Waals surface area contributed by atoms with Gasteiger partial charge in [0.2, 0.25) is 0 Å². The molecule has 0 spiro atoms. The van der Waals surface area contributed by atoms with Crippen LogP contribution in [0, 0.1) is 0 Å². The lowest BCUT2D eigenvalue weighted by molar-refractivity contribution is 0.414. The topological polar surface area (TPSA) is 61.8 Å². The summed E-state index contributed by atoms with van der Waals surface area (Å²) in [6.45, 7) is 4.14. The average molecular weight is 469 g/mol. The third-order valence-corrected chi connectivity index (χ3v) is 3.63. The van der Waals surface area contributed by atoms with Crippen molar-refractivity contribution in [3.8, 4) is 5.75 Å². The van der Waals surface area contributed by atoms with Crippen molar-refractivity contribution in [2.45, 2.75) is 20.0 Å². The van der Waals surface area contributed by atoms with Gasteiger partial charge >= 0.3 is 0 Å². The van der Waals surface area contributed by atoms with Crippen LogP contribution in [0.2, 0.25) is 0 Å². The minimum absolute atomic E-state index is 0. The van der Waals surface area contributed by atoms with Gasteiger partial charge in [0, 0.05) is 33.4 Å². The maximum atomic E-state index is 5.26. The summed E-state index contributed by atoms with van der Waals surface area (Å²) in [7, 11) is 5.64. The van der Waals surface area contributed by atoms with Crippen LogP contribution in [-0.4, -0.2) is 38.7 Å². The molecule has 0 atom stereocenters. The number of halogens is 1. The van der Waals surface area contributed by atoms with Gasteiger partial charge in [0.05, 0.1) is 13.7 Å². The maximum absolute atomic E-state index is 5.26. The molecule has 7 heteroatoms. The van der Waals surface area contributed by atoms with E-state index in [1.54, 1.807) is 7.11 Å². The molecule has 1 aromatic heterocycles. The Balaban J connectivity index is 0.00000338. The first-order valence-electron chi connectivity index (χ1n) is 8.39. The van der Waals surface area contributed by atoms with Crippen molar-refractivity contribution < 1.29 is 4.74 Å². The molecule has 1 aromatic carbocycles. The molecule has 0 aliphatic rings. The zero-order valence-corrected chi connectivity index (χ0v) is 18.2. The average Bonchev–Trinajstić information content (AvgIpc) is 2.64. The van der Waals surface area contributed by atoms with E-state index < -0.39 is 0 Å². The molecule has 0 aliphatic heterocycles. The number of ether oxygens (including phenoxy) is 1. The molecule has 2 rings (SSSR count). The second-order valence-corrected chi connectivity index (χ2v) is 5.82. The van der Waals surface area contributed by atoms with Crippen LogP contribution in [0.15, 0.2) is 47.6 Å². The summed E-state index contributed by atoms with van der Waals surface area (Å²) in [6.07, 6.45) is 1.83. The highest BCUT2D eigenvalue weighted by molar-refractivity contribution is 14.0. The van der Waals surface area contributed by atoms with Crippen LogP contribution in [-0.2, 0) is 13.1 Å². The van der Waals surface area contributed by atoms with Crippen molar-refractivity contribution >= 4 is 35.8 Å². The lowest BCUT2D eigenvalue weighted by atomic mass is 10.2. The number of nitrogens with zero attached hydrogens (tertiary/aromatic N) is 3. The number of rotatable bonds is 7. The first-order chi connectivity index (χ1) is 12.1. The molecule has 1 heterocycles. The number of hydrogen-bond acceptors (Lipinski definition) is 4. The van der Waals surface area contributed by atoms with E-state index in [0.29, 0.717) is 13.1 Å². The second-order valence-electron chi connectivity index (χ2n) is 5.82. The highest BCUT2D eigenvalue weighted by Gasteiger charge is 2.02. The van der Waals surface area contributed by atoms with Gasteiger partial charge in [0.25, 0.3) is 0 Å². The number of anilines is 1. The molecule has 2 aromatic rings. The van der Waals surface area contributed by atoms with Gasteiger partial charge in [-0.25, -0.2) is 9.98 Å². The fourth-order valence-corrected chi connectivity index (χ4v) is 2.28. The summed E-state index contributed by atoms with van der Waals surface area (Å²) in [6, 6.07) is 12.0. The monoisotopic (exact) mass is 469 g/mol. The summed E-state index contributed by atoms with van der Waals surface area (Å²) < 4.78 is 5.26. The van der Waals surface area contributed by atoms with E-state index in [1.165, 1.54) is 0 Å². The number of nitrogens with one attached hydrogen (secondary N) is 2. The number of pyridine rings is 1. The predicted octanol–water partition coefficient (Wildman–Crippen LogP) is 3.03. The van der Waals surface area contributed by atoms with Crippen molar-refractivity contribution in [1.82, 2.24) is 15.6 Å². The molecule has 0 unspecified atom stereocenters. The number of aromatic nitrogens is 1. The lowest BCUT2D eigenvalue weighted by Gasteiger charge is -2.14. The predicted molar refractivity (Wildman–Crippen MR) is 119 cm³/mol. The van der Waals surface area contributed by atoms with Gasteiger partial charge in [0.1, 0.15) is 11.6 Å². The van der Waals surface area contributed by atoms with Crippen LogP contribution in [0.25, 0.3) is 0 Å². The number of hydrogen-bond donors (Lipinski definition) is 2. The fraction of sp³-hybridized carbons (Fsp3) is 0.368. The minimum atomic E-state index is 0. The van der Waals surface area contributed by atoms with Crippen LogP contribution >= 0.6 is 24.0 Å². The Morgan fingerprint density at radius 1 is 1.15 bits per heavy atom. The molecule has 0 aliphatic carbocycles. The SMILES string of the molecule is CCNC(=NCc1cccc(OC)c1)NCc1ccnc(N(C)C)c1.I. The Hall–Kier alpha value is -2.03. The Kier molecular flexibility index (Phi) is 9.79. The quantitative estimate of drug-likeness (QED) is 0.371. The van der Waals surface area contributed by atoms with Crippen molar-refractivity contribution in [2.75, 3.05) is 32.6 Å². The van der Waals surface area contributed by atoms with Gasteiger partial charge in [-0.2, -0.15) is 0 Å². The molecule has 0 saturated heterocycles. The Morgan fingerprint density at radius 2 is 1.96 bits per heavy atom. The summed E-state index contributed by atoms with van der Waals surface area (Å²) in [5.41, 5.74) is 2.26. The molecule has 2 N–H and O–H groups in total. The van der Waals surface area contributed by atoms with Gasteiger partial charge in [0.15, 0.2) is 5.96 Å².